The van der Waals surface area contributed by atoms with Crippen LogP contribution in [0.25, 0.3) is 0 Å². The minimum absolute atomic E-state index is 0.0807. The fourth-order valence-electron chi connectivity index (χ4n) is 2.14. The molecule has 0 aromatic heterocycles. The van der Waals surface area contributed by atoms with E-state index in [0.29, 0.717) is 11.4 Å². The van der Waals surface area contributed by atoms with Gasteiger partial charge in [0.05, 0.1) is 12.2 Å². The van der Waals surface area contributed by atoms with Gasteiger partial charge >= 0.3 is 6.18 Å². The maximum Gasteiger partial charge on any atom is 0.416 e. The molecule has 21 heavy (non-hydrogen) atoms. The van der Waals surface area contributed by atoms with E-state index < -0.39 is 11.7 Å². The molecule has 0 aliphatic carbocycles. The van der Waals surface area contributed by atoms with E-state index in [1.54, 1.807) is 12.1 Å². The van der Waals surface area contributed by atoms with Gasteiger partial charge in [-0.3, -0.25) is 0 Å². The molecule has 0 heterocycles. The first-order valence-corrected chi connectivity index (χ1v) is 6.80. The van der Waals surface area contributed by atoms with Crippen LogP contribution in [0.4, 0.5) is 13.2 Å². The first kappa shape index (κ1) is 15.9. The second kappa shape index (κ2) is 6.50. The lowest BCUT2D eigenvalue weighted by atomic mass is 9.92. The fraction of sp³-hybridized carbons (Fsp3) is 0.250. The Morgan fingerprint density at radius 3 is 2.00 bits per heavy atom. The Kier molecular flexibility index (Phi) is 4.91. The number of hydrogen-bond donors (Lipinski definition) is 1. The van der Waals surface area contributed by atoms with Crippen LogP contribution in [-0.4, -0.2) is 11.7 Å². The second-order valence-electron chi connectivity index (χ2n) is 4.83. The SMILES string of the molecule is OCC(Cc1ccc(C(F)(F)F)cc1)c1ccc(Cl)cc1. The van der Waals surface area contributed by atoms with Crippen LogP contribution in [0.5, 0.6) is 0 Å². The lowest BCUT2D eigenvalue weighted by Gasteiger charge is -2.15. The number of alkyl halides is 3. The molecule has 0 aliphatic heterocycles. The molecule has 0 aliphatic rings. The molecule has 2 rings (SSSR count). The summed E-state index contributed by atoms with van der Waals surface area (Å²) < 4.78 is 37.5. The zero-order chi connectivity index (χ0) is 15.5. The Morgan fingerprint density at radius 1 is 0.952 bits per heavy atom. The number of aliphatic hydroxyl groups is 1. The van der Waals surface area contributed by atoms with E-state index in [1.165, 1.54) is 12.1 Å². The van der Waals surface area contributed by atoms with Crippen molar-refractivity contribution < 1.29 is 18.3 Å². The highest BCUT2D eigenvalue weighted by molar-refractivity contribution is 6.30. The number of aliphatic hydroxyl groups excluding tert-OH is 1. The van der Waals surface area contributed by atoms with Gasteiger partial charge in [0.2, 0.25) is 0 Å². The summed E-state index contributed by atoms with van der Waals surface area (Å²) in [4.78, 5) is 0. The van der Waals surface area contributed by atoms with Crippen molar-refractivity contribution in [1.29, 1.82) is 0 Å². The summed E-state index contributed by atoms with van der Waals surface area (Å²) in [7, 11) is 0. The third kappa shape index (κ3) is 4.22. The minimum Gasteiger partial charge on any atom is -0.396 e. The summed E-state index contributed by atoms with van der Waals surface area (Å²) in [5.41, 5.74) is 0.983. The van der Waals surface area contributed by atoms with E-state index in [9.17, 15) is 18.3 Å². The predicted molar refractivity (Wildman–Crippen MR) is 76.4 cm³/mol. The monoisotopic (exact) mass is 314 g/mol. The van der Waals surface area contributed by atoms with Crippen LogP contribution in [0.15, 0.2) is 48.5 Å². The lowest BCUT2D eigenvalue weighted by Crippen LogP contribution is -2.09. The minimum atomic E-state index is -4.33. The molecule has 5 heteroatoms. The van der Waals surface area contributed by atoms with Crippen molar-refractivity contribution in [3.63, 3.8) is 0 Å². The Bertz CT molecular complexity index is 576. The van der Waals surface area contributed by atoms with E-state index in [-0.39, 0.29) is 12.5 Å². The van der Waals surface area contributed by atoms with Crippen LogP contribution in [-0.2, 0) is 12.6 Å². The number of benzene rings is 2. The smallest absolute Gasteiger partial charge is 0.396 e. The zero-order valence-electron chi connectivity index (χ0n) is 11.1. The van der Waals surface area contributed by atoms with Crippen molar-refractivity contribution in [2.24, 2.45) is 0 Å². The summed E-state index contributed by atoms with van der Waals surface area (Å²) >= 11 is 5.81. The molecule has 0 amide bonds. The van der Waals surface area contributed by atoms with Crippen molar-refractivity contribution in [2.45, 2.75) is 18.5 Å². The van der Waals surface area contributed by atoms with Gasteiger partial charge in [0, 0.05) is 10.9 Å². The highest BCUT2D eigenvalue weighted by Gasteiger charge is 2.30. The molecule has 0 fully saturated rings. The summed E-state index contributed by atoms with van der Waals surface area (Å²) in [6, 6.07) is 12.1. The van der Waals surface area contributed by atoms with Crippen molar-refractivity contribution in [3.8, 4) is 0 Å². The summed E-state index contributed by atoms with van der Waals surface area (Å²) in [5, 5.41) is 10.1. The second-order valence-corrected chi connectivity index (χ2v) is 5.27. The van der Waals surface area contributed by atoms with E-state index >= 15 is 0 Å². The molecule has 1 nitrogen and oxygen atoms in total. The molecule has 2 aromatic rings. The Labute approximate surface area is 126 Å². The van der Waals surface area contributed by atoms with Gasteiger partial charge in [0.25, 0.3) is 0 Å². The zero-order valence-corrected chi connectivity index (χ0v) is 11.8. The number of rotatable bonds is 4. The van der Waals surface area contributed by atoms with Gasteiger partial charge in [-0.15, -0.1) is 0 Å². The van der Waals surface area contributed by atoms with Crippen LogP contribution in [0.2, 0.25) is 5.02 Å². The van der Waals surface area contributed by atoms with Crippen LogP contribution in [0.3, 0.4) is 0 Å². The van der Waals surface area contributed by atoms with Gasteiger partial charge in [-0.1, -0.05) is 35.9 Å². The number of hydrogen-bond acceptors (Lipinski definition) is 1. The van der Waals surface area contributed by atoms with Gasteiger partial charge in [-0.2, -0.15) is 13.2 Å². The first-order chi connectivity index (χ1) is 9.90. The average molecular weight is 315 g/mol. The molecule has 0 spiro atoms. The van der Waals surface area contributed by atoms with E-state index in [0.717, 1.165) is 23.3 Å². The van der Waals surface area contributed by atoms with Crippen LogP contribution in [0, 0.1) is 0 Å². The maximum atomic E-state index is 12.5. The molecule has 0 radical (unpaired) electrons. The molecule has 2 aromatic carbocycles. The highest BCUT2D eigenvalue weighted by Crippen LogP contribution is 2.30. The van der Waals surface area contributed by atoms with Gasteiger partial charge in [0.15, 0.2) is 0 Å². The third-order valence-corrected chi connectivity index (χ3v) is 3.58. The molecule has 0 saturated carbocycles. The molecule has 1 atom stereocenters. The van der Waals surface area contributed by atoms with E-state index in [1.807, 2.05) is 12.1 Å². The molecule has 0 bridgehead atoms. The van der Waals surface area contributed by atoms with E-state index in [4.69, 9.17) is 11.6 Å². The summed E-state index contributed by atoms with van der Waals surface area (Å²) in [6.45, 7) is -0.0807. The lowest BCUT2D eigenvalue weighted by molar-refractivity contribution is -0.137. The maximum absolute atomic E-state index is 12.5. The molecule has 112 valence electrons. The van der Waals surface area contributed by atoms with Crippen molar-refractivity contribution in [2.75, 3.05) is 6.61 Å². The van der Waals surface area contributed by atoms with Crippen molar-refractivity contribution in [1.82, 2.24) is 0 Å². The Balaban J connectivity index is 2.13. The van der Waals surface area contributed by atoms with E-state index in [2.05, 4.69) is 0 Å². The van der Waals surface area contributed by atoms with Crippen LogP contribution in [0.1, 0.15) is 22.6 Å². The van der Waals surface area contributed by atoms with Crippen LogP contribution >= 0.6 is 11.6 Å². The molecule has 1 unspecified atom stereocenters. The molecular weight excluding hydrogens is 301 g/mol. The van der Waals surface area contributed by atoms with Crippen molar-refractivity contribution in [3.05, 3.63) is 70.2 Å². The normalized spacial score (nSPS) is 13.2. The summed E-state index contributed by atoms with van der Waals surface area (Å²) in [6.07, 6.45) is -3.86. The van der Waals surface area contributed by atoms with Crippen molar-refractivity contribution >= 4 is 11.6 Å². The predicted octanol–water partition coefficient (Wildman–Crippen LogP) is 4.68. The standard InChI is InChI=1S/C16H14ClF3O/c17-15-7-3-12(4-8-15)13(10-21)9-11-1-5-14(6-2-11)16(18,19)20/h1-8,13,21H,9-10H2. The van der Waals surface area contributed by atoms with Crippen LogP contribution < -0.4 is 0 Å². The summed E-state index contributed by atoms with van der Waals surface area (Å²) in [5.74, 6) is -0.168. The van der Waals surface area contributed by atoms with Gasteiger partial charge < -0.3 is 5.11 Å². The van der Waals surface area contributed by atoms with Gasteiger partial charge in [-0.25, -0.2) is 0 Å². The highest BCUT2D eigenvalue weighted by atomic mass is 35.5. The molecular formula is C16H14ClF3O. The largest absolute Gasteiger partial charge is 0.416 e. The molecule has 0 saturated heterocycles. The number of halogens is 4. The Hall–Kier alpha value is -1.52. The fourth-order valence-corrected chi connectivity index (χ4v) is 2.26. The quantitative estimate of drug-likeness (QED) is 0.869. The third-order valence-electron chi connectivity index (χ3n) is 3.33. The topological polar surface area (TPSA) is 20.2 Å². The first-order valence-electron chi connectivity index (χ1n) is 6.42. The Morgan fingerprint density at radius 2 is 1.52 bits per heavy atom. The van der Waals surface area contributed by atoms with Gasteiger partial charge in [-0.05, 0) is 41.8 Å². The molecule has 1 N–H and O–H groups in total. The average Bonchev–Trinajstić information content (AvgIpc) is 2.45. The van der Waals surface area contributed by atoms with Gasteiger partial charge in [0.1, 0.15) is 0 Å².